The van der Waals surface area contributed by atoms with E-state index < -0.39 is 10.0 Å². The van der Waals surface area contributed by atoms with Crippen molar-refractivity contribution < 1.29 is 8.42 Å². The Kier molecular flexibility index (Phi) is 4.76. The fourth-order valence-corrected chi connectivity index (χ4v) is 4.11. The molecule has 0 atom stereocenters. The third kappa shape index (κ3) is 3.18. The summed E-state index contributed by atoms with van der Waals surface area (Å²) in [4.78, 5) is 3.96. The van der Waals surface area contributed by atoms with Crippen molar-refractivity contribution in [3.8, 4) is 0 Å². The van der Waals surface area contributed by atoms with Crippen molar-refractivity contribution >= 4 is 43.1 Å². The van der Waals surface area contributed by atoms with Crippen LogP contribution in [0.4, 0.5) is 5.82 Å². The van der Waals surface area contributed by atoms with E-state index in [0.29, 0.717) is 0 Å². The summed E-state index contributed by atoms with van der Waals surface area (Å²) in [7, 11) is -2.13. The summed E-state index contributed by atoms with van der Waals surface area (Å²) < 4.78 is 27.2. The van der Waals surface area contributed by atoms with Crippen LogP contribution >= 0.6 is 27.3 Å². The lowest BCUT2D eigenvalue weighted by atomic mass is 10.3. The predicted octanol–water partition coefficient (Wildman–Crippen LogP) is 2.01. The Hall–Kier alpha value is -1.00. The van der Waals surface area contributed by atoms with Crippen molar-refractivity contribution in [3.05, 3.63) is 39.1 Å². The number of nitrogen functional groups attached to an aromatic ring is 1. The number of halogens is 1. The summed E-state index contributed by atoms with van der Waals surface area (Å²) in [5.74, 6) is 5.43. The van der Waals surface area contributed by atoms with E-state index in [1.54, 1.807) is 6.07 Å². The minimum Gasteiger partial charge on any atom is -0.307 e. The lowest BCUT2D eigenvalue weighted by molar-refractivity contribution is 0.467. The Morgan fingerprint density at radius 2 is 2.30 bits per heavy atom. The van der Waals surface area contributed by atoms with Crippen molar-refractivity contribution in [2.75, 3.05) is 12.5 Å². The van der Waals surface area contributed by atoms with Crippen LogP contribution in [-0.2, 0) is 16.6 Å². The average molecular weight is 377 g/mol. The molecular weight excluding hydrogens is 364 g/mol. The highest BCUT2D eigenvalue weighted by Crippen LogP contribution is 2.25. The van der Waals surface area contributed by atoms with E-state index in [1.165, 1.54) is 35.0 Å². The minimum absolute atomic E-state index is 0.0549. The van der Waals surface area contributed by atoms with Gasteiger partial charge < -0.3 is 5.43 Å². The lowest BCUT2D eigenvalue weighted by Crippen LogP contribution is -2.28. The quantitative estimate of drug-likeness (QED) is 0.615. The maximum absolute atomic E-state index is 12.5. The average Bonchev–Trinajstić information content (AvgIpc) is 2.84. The van der Waals surface area contributed by atoms with Gasteiger partial charge in [0.1, 0.15) is 4.90 Å². The summed E-state index contributed by atoms with van der Waals surface area (Å²) in [6.07, 6.45) is 1.48. The molecule has 0 fully saturated rings. The number of nitrogens with two attached hydrogens (primary N) is 1. The summed E-state index contributed by atoms with van der Waals surface area (Å²) in [5, 5.41) is 1.90. The molecular formula is C11H13BrN4O2S2. The fraction of sp³-hybridized carbons (Fsp3) is 0.182. The first-order valence-corrected chi connectivity index (χ1v) is 8.67. The Morgan fingerprint density at radius 3 is 2.90 bits per heavy atom. The lowest BCUT2D eigenvalue weighted by Gasteiger charge is -2.18. The van der Waals surface area contributed by atoms with E-state index in [2.05, 4.69) is 26.3 Å². The van der Waals surface area contributed by atoms with Gasteiger partial charge in [-0.3, -0.25) is 0 Å². The van der Waals surface area contributed by atoms with Gasteiger partial charge in [0.15, 0.2) is 5.82 Å². The van der Waals surface area contributed by atoms with Gasteiger partial charge in [0, 0.05) is 19.8 Å². The molecule has 2 rings (SSSR count). The Morgan fingerprint density at radius 1 is 1.55 bits per heavy atom. The van der Waals surface area contributed by atoms with Crippen LogP contribution in [0.25, 0.3) is 0 Å². The first-order valence-electron chi connectivity index (χ1n) is 5.56. The maximum atomic E-state index is 12.5. The number of hydrogen-bond acceptors (Lipinski definition) is 6. The molecule has 2 aromatic rings. The van der Waals surface area contributed by atoms with Gasteiger partial charge in [0.2, 0.25) is 10.0 Å². The second kappa shape index (κ2) is 6.19. The molecule has 0 aromatic carbocycles. The molecule has 0 saturated heterocycles. The molecule has 0 spiro atoms. The third-order valence-corrected chi connectivity index (χ3v) is 6.01. The molecule has 0 saturated carbocycles. The highest BCUT2D eigenvalue weighted by molar-refractivity contribution is 9.11. The molecule has 20 heavy (non-hydrogen) atoms. The van der Waals surface area contributed by atoms with Gasteiger partial charge in [-0.2, -0.15) is 4.31 Å². The van der Waals surface area contributed by atoms with Crippen LogP contribution in [0.1, 0.15) is 5.56 Å². The van der Waals surface area contributed by atoms with Gasteiger partial charge in [-0.15, -0.1) is 11.3 Å². The summed E-state index contributed by atoms with van der Waals surface area (Å²) in [5.41, 5.74) is 3.22. The van der Waals surface area contributed by atoms with Gasteiger partial charge in [-0.25, -0.2) is 19.2 Å². The summed E-state index contributed by atoms with van der Waals surface area (Å²) in [6.45, 7) is 0.281. The van der Waals surface area contributed by atoms with E-state index >= 15 is 0 Å². The van der Waals surface area contributed by atoms with Crippen molar-refractivity contribution in [2.45, 2.75) is 11.4 Å². The van der Waals surface area contributed by atoms with Crippen molar-refractivity contribution in [2.24, 2.45) is 5.84 Å². The Labute approximate surface area is 129 Å². The van der Waals surface area contributed by atoms with Crippen LogP contribution in [0.15, 0.2) is 38.5 Å². The number of anilines is 1. The zero-order valence-corrected chi connectivity index (χ0v) is 13.8. The second-order valence-corrected chi connectivity index (χ2v) is 8.32. The number of hydrazine groups is 1. The number of rotatable bonds is 5. The molecule has 0 bridgehead atoms. The number of nitrogens with one attached hydrogen (secondary N) is 1. The standard InChI is InChI=1S/C11H13BrN4O2S2/c1-16(6-8-5-10(12)19-7-8)20(17,18)9-3-2-4-14-11(9)15-13/h2-5,7H,6,13H2,1H3,(H,14,15). The van der Waals surface area contributed by atoms with E-state index in [9.17, 15) is 8.42 Å². The van der Waals surface area contributed by atoms with Crippen LogP contribution in [-0.4, -0.2) is 24.8 Å². The normalized spacial score (nSPS) is 11.8. The molecule has 108 valence electrons. The van der Waals surface area contributed by atoms with Crippen molar-refractivity contribution in [3.63, 3.8) is 0 Å². The maximum Gasteiger partial charge on any atom is 0.246 e. The predicted molar refractivity (Wildman–Crippen MR) is 82.7 cm³/mol. The Bertz CT molecular complexity index is 702. The molecule has 9 heteroatoms. The highest BCUT2D eigenvalue weighted by Gasteiger charge is 2.24. The van der Waals surface area contributed by atoms with Crippen LogP contribution in [0.5, 0.6) is 0 Å². The first-order chi connectivity index (χ1) is 9.45. The smallest absolute Gasteiger partial charge is 0.246 e. The van der Waals surface area contributed by atoms with E-state index in [-0.39, 0.29) is 17.3 Å². The molecule has 2 heterocycles. The molecule has 0 aliphatic rings. The minimum atomic E-state index is -3.65. The molecule has 0 unspecified atom stereocenters. The van der Waals surface area contributed by atoms with Gasteiger partial charge in [0.25, 0.3) is 0 Å². The SMILES string of the molecule is CN(Cc1csc(Br)c1)S(=O)(=O)c1cccnc1NN. The van der Waals surface area contributed by atoms with Crippen molar-refractivity contribution in [1.82, 2.24) is 9.29 Å². The first kappa shape index (κ1) is 15.4. The van der Waals surface area contributed by atoms with Gasteiger partial charge in [-0.1, -0.05) is 0 Å². The number of pyridine rings is 1. The number of aromatic nitrogens is 1. The Balaban J connectivity index is 2.29. The topological polar surface area (TPSA) is 88.3 Å². The number of hydrogen-bond donors (Lipinski definition) is 2. The van der Waals surface area contributed by atoms with Crippen LogP contribution in [0, 0.1) is 0 Å². The molecule has 3 N–H and O–H groups in total. The third-order valence-electron chi connectivity index (χ3n) is 2.62. The van der Waals surface area contributed by atoms with Gasteiger partial charge >= 0.3 is 0 Å². The monoisotopic (exact) mass is 376 g/mol. The largest absolute Gasteiger partial charge is 0.307 e. The van der Waals surface area contributed by atoms with Crippen molar-refractivity contribution in [1.29, 1.82) is 0 Å². The van der Waals surface area contributed by atoms with Crippen LogP contribution in [0.3, 0.4) is 0 Å². The molecule has 2 aromatic heterocycles. The summed E-state index contributed by atoms with van der Waals surface area (Å²) >= 11 is 4.87. The molecule has 0 radical (unpaired) electrons. The number of thiophene rings is 1. The van der Waals surface area contributed by atoms with Crippen LogP contribution < -0.4 is 11.3 Å². The van der Waals surface area contributed by atoms with Gasteiger partial charge in [0.05, 0.1) is 3.79 Å². The summed E-state index contributed by atoms with van der Waals surface area (Å²) in [6, 6.07) is 4.92. The zero-order chi connectivity index (χ0) is 14.8. The molecule has 0 aliphatic carbocycles. The highest BCUT2D eigenvalue weighted by atomic mass is 79.9. The van der Waals surface area contributed by atoms with E-state index in [0.717, 1.165) is 9.35 Å². The zero-order valence-electron chi connectivity index (χ0n) is 10.6. The second-order valence-electron chi connectivity index (χ2n) is 4.01. The fourth-order valence-electron chi connectivity index (χ4n) is 1.65. The number of nitrogens with zero attached hydrogens (tertiary/aromatic N) is 2. The van der Waals surface area contributed by atoms with E-state index in [1.807, 2.05) is 11.4 Å². The molecule has 6 nitrogen and oxygen atoms in total. The molecule has 0 amide bonds. The van der Waals surface area contributed by atoms with E-state index in [4.69, 9.17) is 5.84 Å². The number of sulfonamides is 1. The van der Waals surface area contributed by atoms with Crippen LogP contribution in [0.2, 0.25) is 0 Å². The molecule has 0 aliphatic heterocycles. The van der Waals surface area contributed by atoms with Gasteiger partial charge in [-0.05, 0) is 45.1 Å².